The maximum atomic E-state index is 8.43. The van der Waals surface area contributed by atoms with Crippen LogP contribution in [0.5, 0.6) is 5.75 Å². The van der Waals surface area contributed by atoms with E-state index in [0.29, 0.717) is 5.75 Å². The van der Waals surface area contributed by atoms with Gasteiger partial charge in [0, 0.05) is 24.6 Å². The summed E-state index contributed by atoms with van der Waals surface area (Å²) in [6.07, 6.45) is 3.66. The molecule has 1 aromatic heterocycles. The van der Waals surface area contributed by atoms with Gasteiger partial charge in [-0.05, 0) is 48.4 Å². The van der Waals surface area contributed by atoms with Crippen LogP contribution in [0.15, 0.2) is 42.7 Å². The third-order valence-electron chi connectivity index (χ3n) is 2.79. The monoisotopic (exact) mass is 253 g/mol. The molecule has 2 rings (SSSR count). The number of ether oxygens (including phenoxy) is 1. The lowest BCUT2D eigenvalue weighted by atomic mass is 10.1. The van der Waals surface area contributed by atoms with Gasteiger partial charge in [-0.3, -0.25) is 4.98 Å². The molecule has 19 heavy (non-hydrogen) atoms. The number of nitriles is 1. The van der Waals surface area contributed by atoms with Crippen LogP contribution in [0.3, 0.4) is 0 Å². The van der Waals surface area contributed by atoms with Crippen LogP contribution < -0.4 is 10.1 Å². The molecule has 0 saturated heterocycles. The molecule has 1 aromatic carbocycles. The van der Waals surface area contributed by atoms with E-state index in [1.165, 1.54) is 11.1 Å². The van der Waals surface area contributed by atoms with Crippen molar-refractivity contribution in [3.63, 3.8) is 0 Å². The van der Waals surface area contributed by atoms with Crippen molar-refractivity contribution in [2.45, 2.75) is 13.5 Å². The van der Waals surface area contributed by atoms with E-state index < -0.39 is 0 Å². The van der Waals surface area contributed by atoms with E-state index in [1.54, 1.807) is 6.20 Å². The Balaban J connectivity index is 1.93. The number of aromatic nitrogens is 1. The van der Waals surface area contributed by atoms with Gasteiger partial charge in [-0.15, -0.1) is 0 Å². The second-order valence-corrected chi connectivity index (χ2v) is 4.13. The zero-order valence-electron chi connectivity index (χ0n) is 10.8. The van der Waals surface area contributed by atoms with Gasteiger partial charge in [0.2, 0.25) is 0 Å². The topological polar surface area (TPSA) is 57.9 Å². The van der Waals surface area contributed by atoms with Crippen LogP contribution in [0.25, 0.3) is 0 Å². The minimum Gasteiger partial charge on any atom is -0.479 e. The zero-order chi connectivity index (χ0) is 13.5. The summed E-state index contributed by atoms with van der Waals surface area (Å²) in [7, 11) is 0. The molecule has 0 aliphatic carbocycles. The van der Waals surface area contributed by atoms with Crippen molar-refractivity contribution in [1.82, 2.24) is 4.98 Å². The highest BCUT2D eigenvalue weighted by molar-refractivity contribution is 5.47. The van der Waals surface area contributed by atoms with Crippen LogP contribution in [0.1, 0.15) is 11.1 Å². The van der Waals surface area contributed by atoms with Gasteiger partial charge < -0.3 is 10.1 Å². The molecule has 1 heterocycles. The first-order chi connectivity index (χ1) is 9.29. The Morgan fingerprint density at radius 1 is 1.26 bits per heavy atom. The molecule has 2 aromatic rings. The maximum Gasteiger partial charge on any atom is 0.174 e. The average Bonchev–Trinajstić information content (AvgIpc) is 2.45. The number of hydrogen-bond acceptors (Lipinski definition) is 4. The first-order valence-electron chi connectivity index (χ1n) is 6.03. The molecule has 0 unspecified atom stereocenters. The lowest BCUT2D eigenvalue weighted by Gasteiger charge is -2.09. The summed E-state index contributed by atoms with van der Waals surface area (Å²) in [5.74, 6) is 0.699. The molecule has 0 bridgehead atoms. The number of nitrogens with one attached hydrogen (secondary N) is 1. The minimum atomic E-state index is 0.0711. The fourth-order valence-corrected chi connectivity index (χ4v) is 1.66. The van der Waals surface area contributed by atoms with Gasteiger partial charge in [0.25, 0.3) is 0 Å². The van der Waals surface area contributed by atoms with Crippen molar-refractivity contribution >= 4 is 5.69 Å². The number of benzene rings is 1. The van der Waals surface area contributed by atoms with Gasteiger partial charge in [0.15, 0.2) is 6.61 Å². The lowest BCUT2D eigenvalue weighted by Crippen LogP contribution is -2.01. The van der Waals surface area contributed by atoms with Gasteiger partial charge in [0.05, 0.1) is 0 Å². The van der Waals surface area contributed by atoms with Gasteiger partial charge in [-0.1, -0.05) is 0 Å². The summed E-state index contributed by atoms with van der Waals surface area (Å²) in [4.78, 5) is 4.12. The van der Waals surface area contributed by atoms with Crippen LogP contribution in [0.4, 0.5) is 5.69 Å². The number of hydrogen-bond donors (Lipinski definition) is 1. The molecule has 0 aliphatic rings. The molecular weight excluding hydrogens is 238 g/mol. The Hall–Kier alpha value is -2.54. The molecule has 0 fully saturated rings. The average molecular weight is 253 g/mol. The first-order valence-corrected chi connectivity index (χ1v) is 6.03. The summed E-state index contributed by atoms with van der Waals surface area (Å²) in [6, 6.07) is 11.5. The van der Waals surface area contributed by atoms with Gasteiger partial charge in [-0.2, -0.15) is 5.26 Å². The van der Waals surface area contributed by atoms with E-state index in [0.717, 1.165) is 12.2 Å². The number of rotatable bonds is 5. The van der Waals surface area contributed by atoms with Crippen molar-refractivity contribution in [2.24, 2.45) is 0 Å². The Morgan fingerprint density at radius 2 is 2.05 bits per heavy atom. The van der Waals surface area contributed by atoms with E-state index in [9.17, 15) is 0 Å². The number of nitrogens with zero attached hydrogens (tertiary/aromatic N) is 2. The summed E-state index contributed by atoms with van der Waals surface area (Å²) >= 11 is 0. The van der Waals surface area contributed by atoms with Crippen LogP contribution in [-0.2, 0) is 6.54 Å². The highest BCUT2D eigenvalue weighted by atomic mass is 16.5. The van der Waals surface area contributed by atoms with E-state index in [-0.39, 0.29) is 6.61 Å². The zero-order valence-corrected chi connectivity index (χ0v) is 10.8. The molecule has 0 spiro atoms. The maximum absolute atomic E-state index is 8.43. The van der Waals surface area contributed by atoms with Gasteiger partial charge in [0.1, 0.15) is 11.8 Å². The first kappa shape index (κ1) is 12.9. The van der Waals surface area contributed by atoms with Crippen LogP contribution in [0.2, 0.25) is 0 Å². The summed E-state index contributed by atoms with van der Waals surface area (Å²) in [5, 5.41) is 11.7. The minimum absolute atomic E-state index is 0.0711. The Morgan fingerprint density at radius 3 is 2.74 bits per heavy atom. The van der Waals surface area contributed by atoms with E-state index >= 15 is 0 Å². The van der Waals surface area contributed by atoms with Crippen LogP contribution in [0, 0.1) is 18.3 Å². The molecule has 1 N–H and O–H groups in total. The molecule has 0 aliphatic heterocycles. The van der Waals surface area contributed by atoms with E-state index in [4.69, 9.17) is 10.00 Å². The van der Waals surface area contributed by atoms with Crippen molar-refractivity contribution in [2.75, 3.05) is 11.9 Å². The highest BCUT2D eigenvalue weighted by Crippen LogP contribution is 2.16. The molecule has 0 radical (unpaired) electrons. The summed E-state index contributed by atoms with van der Waals surface area (Å²) < 4.78 is 5.19. The quantitative estimate of drug-likeness (QED) is 0.890. The third-order valence-corrected chi connectivity index (χ3v) is 2.79. The fraction of sp³-hybridized carbons (Fsp3) is 0.200. The van der Waals surface area contributed by atoms with Crippen molar-refractivity contribution in [3.05, 3.63) is 53.9 Å². The lowest BCUT2D eigenvalue weighted by molar-refractivity contribution is 0.368. The molecule has 4 heteroatoms. The largest absolute Gasteiger partial charge is 0.479 e. The normalized spacial score (nSPS) is 9.68. The third kappa shape index (κ3) is 3.71. The SMILES string of the molecule is Cc1ccncc1CNc1ccc(OCC#N)cc1. The number of anilines is 1. The fourth-order valence-electron chi connectivity index (χ4n) is 1.66. The molecule has 0 amide bonds. The van der Waals surface area contributed by atoms with Crippen molar-refractivity contribution < 1.29 is 4.74 Å². The van der Waals surface area contributed by atoms with Gasteiger partial charge >= 0.3 is 0 Å². The standard InChI is InChI=1S/C15H15N3O/c1-12-6-8-17-10-13(12)11-18-14-2-4-15(5-3-14)19-9-7-16/h2-6,8,10,18H,9,11H2,1H3. The molecule has 96 valence electrons. The summed E-state index contributed by atoms with van der Waals surface area (Å²) in [5.41, 5.74) is 3.40. The molecule has 0 atom stereocenters. The second kappa shape index (κ2) is 6.41. The van der Waals surface area contributed by atoms with Crippen molar-refractivity contribution in [3.8, 4) is 11.8 Å². The highest BCUT2D eigenvalue weighted by Gasteiger charge is 1.98. The predicted octanol–water partition coefficient (Wildman–Crippen LogP) is 2.90. The second-order valence-electron chi connectivity index (χ2n) is 4.13. The van der Waals surface area contributed by atoms with Crippen molar-refractivity contribution in [1.29, 1.82) is 5.26 Å². The molecular formula is C15H15N3O. The smallest absolute Gasteiger partial charge is 0.174 e. The Bertz CT molecular complexity index is 573. The molecule has 4 nitrogen and oxygen atoms in total. The van der Waals surface area contributed by atoms with E-state index in [2.05, 4.69) is 17.2 Å². The Labute approximate surface area is 112 Å². The van der Waals surface area contributed by atoms with Gasteiger partial charge in [-0.25, -0.2) is 0 Å². The van der Waals surface area contributed by atoms with Crippen LogP contribution >= 0.6 is 0 Å². The Kier molecular flexibility index (Phi) is 4.35. The number of aryl methyl sites for hydroxylation is 1. The summed E-state index contributed by atoms with van der Waals surface area (Å²) in [6.45, 7) is 2.87. The predicted molar refractivity (Wildman–Crippen MR) is 73.9 cm³/mol. The number of pyridine rings is 1. The van der Waals surface area contributed by atoms with E-state index in [1.807, 2.05) is 42.6 Å². The van der Waals surface area contributed by atoms with Crippen LogP contribution in [-0.4, -0.2) is 11.6 Å². The molecule has 0 saturated carbocycles.